The van der Waals surface area contributed by atoms with Crippen molar-refractivity contribution in [2.45, 2.75) is 26.2 Å². The first-order valence-corrected chi connectivity index (χ1v) is 8.81. The van der Waals surface area contributed by atoms with Crippen molar-refractivity contribution in [2.75, 3.05) is 20.2 Å². The lowest BCUT2D eigenvalue weighted by Crippen LogP contribution is -2.28. The standard InChI is InChI=1S/C20H22N4O2/c1-12-8-13(2)23-19(22-12)14-6-7-24(11-14)20(25)17-10-21-18-5-4-15(26-3)9-16(17)18/h4-5,8-10,14,21H,6-7,11H2,1-3H3/t14-/m1/s1. The fourth-order valence-electron chi connectivity index (χ4n) is 3.67. The number of hydrogen-bond donors (Lipinski definition) is 1. The SMILES string of the molecule is COc1ccc2[nH]cc(C(=O)N3CC[C@@H](c4nc(C)cc(C)n4)C3)c2c1. The van der Waals surface area contributed by atoms with Gasteiger partial charge in [-0.1, -0.05) is 0 Å². The van der Waals surface area contributed by atoms with E-state index < -0.39 is 0 Å². The van der Waals surface area contributed by atoms with E-state index in [9.17, 15) is 4.79 Å². The molecule has 4 rings (SSSR count). The van der Waals surface area contributed by atoms with Gasteiger partial charge in [-0.2, -0.15) is 0 Å². The zero-order valence-corrected chi connectivity index (χ0v) is 15.2. The van der Waals surface area contributed by atoms with Crippen LogP contribution in [-0.4, -0.2) is 46.0 Å². The summed E-state index contributed by atoms with van der Waals surface area (Å²) in [5.41, 5.74) is 3.56. The Bertz CT molecular complexity index is 959. The predicted molar refractivity (Wildman–Crippen MR) is 99.6 cm³/mol. The van der Waals surface area contributed by atoms with Gasteiger partial charge in [-0.25, -0.2) is 9.97 Å². The van der Waals surface area contributed by atoms with Crippen LogP contribution in [0, 0.1) is 13.8 Å². The first kappa shape index (κ1) is 16.6. The van der Waals surface area contributed by atoms with Crippen LogP contribution in [0.25, 0.3) is 10.9 Å². The molecule has 1 N–H and O–H groups in total. The number of nitrogens with one attached hydrogen (secondary N) is 1. The highest BCUT2D eigenvalue weighted by atomic mass is 16.5. The molecule has 6 heteroatoms. The number of aryl methyl sites for hydroxylation is 2. The van der Waals surface area contributed by atoms with Gasteiger partial charge in [0.05, 0.1) is 12.7 Å². The van der Waals surface area contributed by atoms with Crippen molar-refractivity contribution < 1.29 is 9.53 Å². The molecule has 0 aliphatic carbocycles. The number of carbonyl (C=O) groups excluding carboxylic acids is 1. The fraction of sp³-hybridized carbons (Fsp3) is 0.350. The number of fused-ring (bicyclic) bond motifs is 1. The largest absolute Gasteiger partial charge is 0.497 e. The van der Waals surface area contributed by atoms with E-state index in [2.05, 4.69) is 15.0 Å². The van der Waals surface area contributed by atoms with Crippen LogP contribution in [-0.2, 0) is 0 Å². The Morgan fingerprint density at radius 1 is 1.23 bits per heavy atom. The van der Waals surface area contributed by atoms with Crippen molar-refractivity contribution in [1.82, 2.24) is 19.9 Å². The number of benzene rings is 1. The van der Waals surface area contributed by atoms with E-state index in [-0.39, 0.29) is 11.8 Å². The molecule has 1 aliphatic heterocycles. The average molecular weight is 350 g/mol. The van der Waals surface area contributed by atoms with Crippen molar-refractivity contribution in [3.05, 3.63) is 53.2 Å². The van der Waals surface area contributed by atoms with Gasteiger partial charge in [0.2, 0.25) is 0 Å². The molecule has 0 bridgehead atoms. The molecule has 1 fully saturated rings. The monoisotopic (exact) mass is 350 g/mol. The van der Waals surface area contributed by atoms with Gasteiger partial charge in [-0.3, -0.25) is 4.79 Å². The number of ether oxygens (including phenoxy) is 1. The summed E-state index contributed by atoms with van der Waals surface area (Å²) in [6, 6.07) is 7.69. The Morgan fingerprint density at radius 2 is 2.00 bits per heavy atom. The van der Waals surface area contributed by atoms with Gasteiger partial charge >= 0.3 is 0 Å². The van der Waals surface area contributed by atoms with Gasteiger partial charge in [-0.05, 0) is 44.5 Å². The lowest BCUT2D eigenvalue weighted by atomic mass is 10.1. The van der Waals surface area contributed by atoms with Gasteiger partial charge in [0.15, 0.2) is 0 Å². The Kier molecular flexibility index (Phi) is 4.11. The number of carbonyl (C=O) groups is 1. The summed E-state index contributed by atoms with van der Waals surface area (Å²) >= 11 is 0. The number of rotatable bonds is 3. The molecule has 1 aromatic carbocycles. The number of aromatic nitrogens is 3. The van der Waals surface area contributed by atoms with Crippen LogP contribution < -0.4 is 4.74 Å². The maximum Gasteiger partial charge on any atom is 0.256 e. The minimum Gasteiger partial charge on any atom is -0.497 e. The molecule has 3 heterocycles. The molecular formula is C20H22N4O2. The van der Waals surface area contributed by atoms with Crippen LogP contribution in [0.15, 0.2) is 30.5 Å². The Hall–Kier alpha value is -2.89. The topological polar surface area (TPSA) is 71.1 Å². The van der Waals surface area contributed by atoms with Crippen molar-refractivity contribution in [3.8, 4) is 5.75 Å². The molecule has 1 amide bonds. The van der Waals surface area contributed by atoms with E-state index in [1.807, 2.05) is 43.0 Å². The van der Waals surface area contributed by atoms with Gasteiger partial charge in [0.1, 0.15) is 11.6 Å². The normalized spacial score (nSPS) is 17.0. The number of likely N-dealkylation sites (tertiary alicyclic amines) is 1. The molecule has 26 heavy (non-hydrogen) atoms. The minimum atomic E-state index is 0.0383. The summed E-state index contributed by atoms with van der Waals surface area (Å²) in [6.07, 6.45) is 2.67. The van der Waals surface area contributed by atoms with Gasteiger partial charge < -0.3 is 14.6 Å². The summed E-state index contributed by atoms with van der Waals surface area (Å²) < 4.78 is 5.29. The molecule has 0 saturated carbocycles. The number of methoxy groups -OCH3 is 1. The zero-order valence-electron chi connectivity index (χ0n) is 15.2. The minimum absolute atomic E-state index is 0.0383. The lowest BCUT2D eigenvalue weighted by Gasteiger charge is -2.16. The fourth-order valence-corrected chi connectivity index (χ4v) is 3.67. The van der Waals surface area contributed by atoms with E-state index in [1.54, 1.807) is 13.3 Å². The third-order valence-corrected chi connectivity index (χ3v) is 4.96. The maximum absolute atomic E-state index is 13.1. The summed E-state index contributed by atoms with van der Waals surface area (Å²) in [5, 5.41) is 0.889. The number of aromatic amines is 1. The molecule has 6 nitrogen and oxygen atoms in total. The van der Waals surface area contributed by atoms with Crippen LogP contribution in [0.5, 0.6) is 5.75 Å². The summed E-state index contributed by atoms with van der Waals surface area (Å²) in [5.74, 6) is 1.82. The lowest BCUT2D eigenvalue weighted by molar-refractivity contribution is 0.0792. The summed E-state index contributed by atoms with van der Waals surface area (Å²) in [4.78, 5) is 27.3. The molecule has 0 spiro atoms. The quantitative estimate of drug-likeness (QED) is 0.787. The van der Waals surface area contributed by atoms with Gasteiger partial charge in [0.25, 0.3) is 5.91 Å². The molecule has 3 aromatic rings. The highest BCUT2D eigenvalue weighted by molar-refractivity contribution is 6.07. The van der Waals surface area contributed by atoms with E-state index in [4.69, 9.17) is 4.74 Å². The van der Waals surface area contributed by atoms with Crippen molar-refractivity contribution >= 4 is 16.8 Å². The molecule has 0 unspecified atom stereocenters. The Balaban J connectivity index is 1.58. The molecule has 2 aromatic heterocycles. The third-order valence-electron chi connectivity index (χ3n) is 4.96. The Labute approximate surface area is 152 Å². The molecule has 1 saturated heterocycles. The van der Waals surface area contributed by atoms with E-state index in [0.29, 0.717) is 12.1 Å². The van der Waals surface area contributed by atoms with Crippen LogP contribution in [0.1, 0.15) is 39.9 Å². The van der Waals surface area contributed by atoms with Crippen molar-refractivity contribution in [2.24, 2.45) is 0 Å². The number of H-pyrrole nitrogens is 1. The molecule has 1 aliphatic rings. The van der Waals surface area contributed by atoms with E-state index >= 15 is 0 Å². The predicted octanol–water partition coefficient (Wildman–Crippen LogP) is 3.21. The molecule has 1 atom stereocenters. The smallest absolute Gasteiger partial charge is 0.256 e. The molecule has 0 radical (unpaired) electrons. The molecule has 134 valence electrons. The summed E-state index contributed by atoms with van der Waals surface area (Å²) in [7, 11) is 1.63. The number of nitrogens with zero attached hydrogens (tertiary/aromatic N) is 3. The number of amides is 1. The average Bonchev–Trinajstić information content (AvgIpc) is 3.27. The van der Waals surface area contributed by atoms with Gasteiger partial charge in [-0.15, -0.1) is 0 Å². The van der Waals surface area contributed by atoms with E-state index in [0.717, 1.165) is 46.8 Å². The van der Waals surface area contributed by atoms with Crippen molar-refractivity contribution in [1.29, 1.82) is 0 Å². The highest BCUT2D eigenvalue weighted by Gasteiger charge is 2.31. The first-order valence-electron chi connectivity index (χ1n) is 8.81. The van der Waals surface area contributed by atoms with Gasteiger partial charge in [0, 0.05) is 47.5 Å². The highest BCUT2D eigenvalue weighted by Crippen LogP contribution is 2.29. The van der Waals surface area contributed by atoms with Crippen molar-refractivity contribution in [3.63, 3.8) is 0 Å². The number of hydrogen-bond acceptors (Lipinski definition) is 4. The van der Waals surface area contributed by atoms with Crippen LogP contribution in [0.3, 0.4) is 0 Å². The molecular weight excluding hydrogens is 328 g/mol. The Morgan fingerprint density at radius 3 is 2.73 bits per heavy atom. The van der Waals surface area contributed by atoms with E-state index in [1.165, 1.54) is 0 Å². The van der Waals surface area contributed by atoms with Crippen LogP contribution >= 0.6 is 0 Å². The van der Waals surface area contributed by atoms with Crippen LogP contribution in [0.4, 0.5) is 0 Å². The second-order valence-electron chi connectivity index (χ2n) is 6.86. The second-order valence-corrected chi connectivity index (χ2v) is 6.86. The second kappa shape index (κ2) is 6.44. The third kappa shape index (κ3) is 2.92. The first-order chi connectivity index (χ1) is 12.5. The zero-order chi connectivity index (χ0) is 18.3. The van der Waals surface area contributed by atoms with Crippen LogP contribution in [0.2, 0.25) is 0 Å². The maximum atomic E-state index is 13.1. The summed E-state index contributed by atoms with van der Waals surface area (Å²) in [6.45, 7) is 5.33.